The molecule has 0 spiro atoms. The number of nitrogens with zero attached hydrogens (tertiary/aromatic N) is 2. The number of benzene rings is 1. The van der Waals surface area contributed by atoms with Crippen molar-refractivity contribution < 1.29 is 13.5 Å². The highest BCUT2D eigenvalue weighted by atomic mass is 79.9. The molecule has 2 aromatic rings. The van der Waals surface area contributed by atoms with Gasteiger partial charge in [-0.1, -0.05) is 0 Å². The predicted molar refractivity (Wildman–Crippen MR) is 61.2 cm³/mol. The predicted octanol–water partition coefficient (Wildman–Crippen LogP) is 3.96. The van der Waals surface area contributed by atoms with Crippen molar-refractivity contribution >= 4 is 27.5 Å². The lowest BCUT2D eigenvalue weighted by Gasteiger charge is -2.07. The Morgan fingerprint density at radius 3 is 2.76 bits per heavy atom. The van der Waals surface area contributed by atoms with Crippen LogP contribution in [-0.2, 0) is 0 Å². The van der Waals surface area contributed by atoms with Gasteiger partial charge in [-0.3, -0.25) is 0 Å². The van der Waals surface area contributed by atoms with E-state index in [1.807, 2.05) is 0 Å². The van der Waals surface area contributed by atoms with Gasteiger partial charge in [-0.2, -0.15) is 9.37 Å². The van der Waals surface area contributed by atoms with Gasteiger partial charge in [0.15, 0.2) is 0 Å². The topological polar surface area (TPSA) is 35.0 Å². The second-order valence-electron chi connectivity index (χ2n) is 2.97. The van der Waals surface area contributed by atoms with E-state index >= 15 is 0 Å². The summed E-state index contributed by atoms with van der Waals surface area (Å²) in [5, 5.41) is -0.139. The molecule has 0 amide bonds. The number of aromatic nitrogens is 2. The lowest BCUT2D eigenvalue weighted by molar-refractivity contribution is 0.416. The van der Waals surface area contributed by atoms with Crippen LogP contribution in [0.1, 0.15) is 0 Å². The summed E-state index contributed by atoms with van der Waals surface area (Å²) in [6.07, 6.45) is 0.891. The molecule has 3 nitrogen and oxygen atoms in total. The van der Waals surface area contributed by atoms with Crippen LogP contribution < -0.4 is 4.74 Å². The molecule has 88 valence electrons. The number of ether oxygens (including phenoxy) is 1. The normalized spacial score (nSPS) is 10.4. The van der Waals surface area contributed by atoms with E-state index in [-0.39, 0.29) is 16.9 Å². The standard InChI is InChI=1S/C10H4BrClF2N2O/c11-6-3-5(13)1-2-8(6)17-9-7(14)4-15-10(12)16-9/h1-4H. The largest absolute Gasteiger partial charge is 0.435 e. The molecular formula is C10H4BrClF2N2O. The van der Waals surface area contributed by atoms with Gasteiger partial charge >= 0.3 is 0 Å². The third-order valence-corrected chi connectivity index (χ3v) is 2.58. The SMILES string of the molecule is Fc1ccc(Oc2nc(Cl)ncc2F)c(Br)c1. The van der Waals surface area contributed by atoms with E-state index < -0.39 is 11.6 Å². The Balaban J connectivity index is 2.34. The van der Waals surface area contributed by atoms with Gasteiger partial charge < -0.3 is 4.74 Å². The molecule has 2 rings (SSSR count). The lowest BCUT2D eigenvalue weighted by Crippen LogP contribution is -1.95. The zero-order valence-electron chi connectivity index (χ0n) is 8.12. The first kappa shape index (κ1) is 12.2. The quantitative estimate of drug-likeness (QED) is 0.785. The maximum Gasteiger partial charge on any atom is 0.260 e. The summed E-state index contributed by atoms with van der Waals surface area (Å²) in [5.74, 6) is -1.30. The fourth-order valence-corrected chi connectivity index (χ4v) is 1.62. The summed E-state index contributed by atoms with van der Waals surface area (Å²) in [6, 6.07) is 3.71. The van der Waals surface area contributed by atoms with Gasteiger partial charge in [0.05, 0.1) is 10.7 Å². The molecule has 7 heteroatoms. The van der Waals surface area contributed by atoms with Gasteiger partial charge in [0, 0.05) is 0 Å². The molecular weight excluding hydrogens is 317 g/mol. The monoisotopic (exact) mass is 320 g/mol. The Morgan fingerprint density at radius 1 is 1.29 bits per heavy atom. The molecule has 1 aromatic heterocycles. The van der Waals surface area contributed by atoms with E-state index in [0.29, 0.717) is 4.47 Å². The van der Waals surface area contributed by atoms with Crippen molar-refractivity contribution in [3.05, 3.63) is 45.8 Å². The second-order valence-corrected chi connectivity index (χ2v) is 4.16. The van der Waals surface area contributed by atoms with Crippen molar-refractivity contribution in [1.29, 1.82) is 0 Å². The minimum Gasteiger partial charge on any atom is -0.435 e. The van der Waals surface area contributed by atoms with Gasteiger partial charge in [0.2, 0.25) is 11.1 Å². The first-order valence-corrected chi connectivity index (χ1v) is 5.54. The fraction of sp³-hybridized carbons (Fsp3) is 0. The molecule has 1 aromatic carbocycles. The van der Waals surface area contributed by atoms with Crippen molar-refractivity contribution in [2.24, 2.45) is 0 Å². The van der Waals surface area contributed by atoms with Crippen LogP contribution in [0.2, 0.25) is 5.28 Å². The van der Waals surface area contributed by atoms with Crippen LogP contribution >= 0.6 is 27.5 Å². The average Bonchev–Trinajstić information content (AvgIpc) is 2.27. The van der Waals surface area contributed by atoms with Crippen LogP contribution in [0.3, 0.4) is 0 Å². The number of rotatable bonds is 2. The van der Waals surface area contributed by atoms with Gasteiger partial charge in [0.25, 0.3) is 5.88 Å². The first-order chi connectivity index (χ1) is 8.06. The van der Waals surface area contributed by atoms with Crippen LogP contribution in [0.15, 0.2) is 28.9 Å². The average molecular weight is 322 g/mol. The molecule has 0 saturated carbocycles. The van der Waals surface area contributed by atoms with Gasteiger partial charge in [-0.05, 0) is 45.7 Å². The molecule has 0 N–H and O–H groups in total. The Bertz CT molecular complexity index is 568. The van der Waals surface area contributed by atoms with Gasteiger partial charge in [-0.15, -0.1) is 0 Å². The third kappa shape index (κ3) is 2.89. The van der Waals surface area contributed by atoms with E-state index in [4.69, 9.17) is 16.3 Å². The Hall–Kier alpha value is -1.27. The maximum atomic E-state index is 13.3. The van der Waals surface area contributed by atoms with Crippen LogP contribution in [0, 0.1) is 11.6 Å². The van der Waals surface area contributed by atoms with Crippen molar-refractivity contribution in [2.75, 3.05) is 0 Å². The van der Waals surface area contributed by atoms with E-state index in [0.717, 1.165) is 6.20 Å². The zero-order chi connectivity index (χ0) is 12.4. The van der Waals surface area contributed by atoms with Crippen molar-refractivity contribution in [2.45, 2.75) is 0 Å². The van der Waals surface area contributed by atoms with E-state index in [1.54, 1.807) is 0 Å². The molecule has 0 bridgehead atoms. The Kier molecular flexibility index (Phi) is 3.54. The lowest BCUT2D eigenvalue weighted by atomic mass is 10.3. The Morgan fingerprint density at radius 2 is 2.06 bits per heavy atom. The van der Waals surface area contributed by atoms with Crippen molar-refractivity contribution in [1.82, 2.24) is 9.97 Å². The van der Waals surface area contributed by atoms with E-state index in [1.165, 1.54) is 18.2 Å². The minimum absolute atomic E-state index is 0.139. The first-order valence-electron chi connectivity index (χ1n) is 4.37. The molecule has 0 saturated heterocycles. The highest BCUT2D eigenvalue weighted by Crippen LogP contribution is 2.30. The fourth-order valence-electron chi connectivity index (χ4n) is 1.06. The van der Waals surface area contributed by atoms with Crippen LogP contribution in [0.4, 0.5) is 8.78 Å². The third-order valence-electron chi connectivity index (χ3n) is 1.78. The van der Waals surface area contributed by atoms with Crippen molar-refractivity contribution in [3.8, 4) is 11.6 Å². The molecule has 17 heavy (non-hydrogen) atoms. The molecule has 0 aliphatic carbocycles. The highest BCUT2D eigenvalue weighted by Gasteiger charge is 2.11. The summed E-state index contributed by atoms with van der Waals surface area (Å²) in [4.78, 5) is 7.02. The molecule has 0 aliphatic heterocycles. The second kappa shape index (κ2) is 4.93. The van der Waals surface area contributed by atoms with Crippen molar-refractivity contribution in [3.63, 3.8) is 0 Å². The Labute approximate surface area is 109 Å². The van der Waals surface area contributed by atoms with Gasteiger partial charge in [0.1, 0.15) is 11.6 Å². The van der Waals surface area contributed by atoms with E-state index in [2.05, 4.69) is 25.9 Å². The molecule has 0 radical (unpaired) electrons. The molecule has 0 atom stereocenters. The minimum atomic E-state index is -0.759. The summed E-state index contributed by atoms with van der Waals surface area (Å²) in [7, 11) is 0. The summed E-state index contributed by atoms with van der Waals surface area (Å²) >= 11 is 8.59. The number of halogens is 4. The van der Waals surface area contributed by atoms with Crippen LogP contribution in [0.25, 0.3) is 0 Å². The highest BCUT2D eigenvalue weighted by molar-refractivity contribution is 9.10. The van der Waals surface area contributed by atoms with Crippen LogP contribution in [-0.4, -0.2) is 9.97 Å². The number of hydrogen-bond acceptors (Lipinski definition) is 3. The smallest absolute Gasteiger partial charge is 0.260 e. The summed E-state index contributed by atoms with van der Waals surface area (Å²) in [5.41, 5.74) is 0. The van der Waals surface area contributed by atoms with Crippen LogP contribution in [0.5, 0.6) is 11.6 Å². The number of hydrogen-bond donors (Lipinski definition) is 0. The zero-order valence-corrected chi connectivity index (χ0v) is 10.5. The van der Waals surface area contributed by atoms with E-state index in [9.17, 15) is 8.78 Å². The molecule has 0 unspecified atom stereocenters. The molecule has 0 aliphatic rings. The summed E-state index contributed by atoms with van der Waals surface area (Å²) < 4.78 is 31.6. The summed E-state index contributed by atoms with van der Waals surface area (Å²) in [6.45, 7) is 0. The van der Waals surface area contributed by atoms with Gasteiger partial charge in [-0.25, -0.2) is 9.37 Å². The molecule has 0 fully saturated rings. The maximum absolute atomic E-state index is 13.3. The molecule has 1 heterocycles.